The second kappa shape index (κ2) is 4.77. The van der Waals surface area contributed by atoms with Crippen LogP contribution < -0.4 is 11.3 Å². The molecule has 0 radical (unpaired) electrons. The molecule has 0 saturated carbocycles. The first-order valence-corrected chi connectivity index (χ1v) is 6.56. The SMILES string of the molecule is CC(N)c1cc(=O)n2[nH]c(-c3cccc(Cl)c3)cc2n1. The van der Waals surface area contributed by atoms with Gasteiger partial charge in [0.1, 0.15) is 0 Å². The Bertz CT molecular complexity index is 835. The van der Waals surface area contributed by atoms with Crippen molar-refractivity contribution >= 4 is 17.2 Å². The van der Waals surface area contributed by atoms with Crippen molar-refractivity contribution in [2.75, 3.05) is 0 Å². The van der Waals surface area contributed by atoms with E-state index in [0.29, 0.717) is 16.4 Å². The Morgan fingerprint density at radius 2 is 2.15 bits per heavy atom. The maximum Gasteiger partial charge on any atom is 0.272 e. The third-order valence-corrected chi connectivity index (χ3v) is 3.31. The molecule has 0 amide bonds. The van der Waals surface area contributed by atoms with Crippen molar-refractivity contribution in [2.45, 2.75) is 13.0 Å². The number of rotatable bonds is 2. The molecule has 0 fully saturated rings. The highest BCUT2D eigenvalue weighted by atomic mass is 35.5. The van der Waals surface area contributed by atoms with Crippen LogP contribution in [0.3, 0.4) is 0 Å². The van der Waals surface area contributed by atoms with Crippen LogP contribution in [0.25, 0.3) is 16.9 Å². The van der Waals surface area contributed by atoms with Gasteiger partial charge in [0.25, 0.3) is 5.56 Å². The Labute approximate surface area is 120 Å². The van der Waals surface area contributed by atoms with E-state index in [9.17, 15) is 4.79 Å². The van der Waals surface area contributed by atoms with E-state index < -0.39 is 0 Å². The predicted octanol–water partition coefficient (Wildman–Crippen LogP) is 2.36. The Kier molecular flexibility index (Phi) is 3.08. The first-order valence-electron chi connectivity index (χ1n) is 6.19. The fraction of sp³-hybridized carbons (Fsp3) is 0.143. The molecule has 0 saturated heterocycles. The Hall–Kier alpha value is -2.11. The van der Waals surface area contributed by atoms with Gasteiger partial charge in [0.2, 0.25) is 0 Å². The summed E-state index contributed by atoms with van der Waals surface area (Å²) in [7, 11) is 0. The van der Waals surface area contributed by atoms with Crippen molar-refractivity contribution < 1.29 is 0 Å². The van der Waals surface area contributed by atoms with Gasteiger partial charge in [-0.15, -0.1) is 0 Å². The van der Waals surface area contributed by atoms with Gasteiger partial charge in [-0.3, -0.25) is 9.89 Å². The van der Waals surface area contributed by atoms with Gasteiger partial charge >= 0.3 is 0 Å². The number of aromatic amines is 1. The van der Waals surface area contributed by atoms with Gasteiger partial charge in [0, 0.05) is 28.8 Å². The van der Waals surface area contributed by atoms with Crippen LogP contribution in [0.2, 0.25) is 5.02 Å². The van der Waals surface area contributed by atoms with Crippen LogP contribution in [0.15, 0.2) is 41.2 Å². The number of H-pyrrole nitrogens is 1. The van der Waals surface area contributed by atoms with Gasteiger partial charge < -0.3 is 5.73 Å². The quantitative estimate of drug-likeness (QED) is 0.760. The minimum Gasteiger partial charge on any atom is -0.323 e. The fourth-order valence-corrected chi connectivity index (χ4v) is 2.24. The molecule has 1 aromatic carbocycles. The number of nitrogens with one attached hydrogen (secondary N) is 1. The first-order chi connectivity index (χ1) is 9.54. The molecule has 102 valence electrons. The van der Waals surface area contributed by atoms with Crippen molar-refractivity contribution in [2.24, 2.45) is 5.73 Å². The van der Waals surface area contributed by atoms with Crippen molar-refractivity contribution in [3.8, 4) is 11.3 Å². The molecule has 1 unspecified atom stereocenters. The number of benzene rings is 1. The second-order valence-corrected chi connectivity index (χ2v) is 5.12. The average Bonchev–Trinajstić information content (AvgIpc) is 2.83. The summed E-state index contributed by atoms with van der Waals surface area (Å²) in [5, 5.41) is 3.65. The standard InChI is InChI=1S/C14H13ClN4O/c1-8(16)11-7-14(20)19-13(17-11)6-12(18-19)9-3-2-4-10(15)5-9/h2-8,18H,16H2,1H3. The highest BCUT2D eigenvalue weighted by Crippen LogP contribution is 2.22. The molecule has 0 aliphatic rings. The topological polar surface area (TPSA) is 76.2 Å². The van der Waals surface area contributed by atoms with Crippen molar-refractivity contribution in [3.05, 3.63) is 57.5 Å². The van der Waals surface area contributed by atoms with Crippen LogP contribution in [0.1, 0.15) is 18.7 Å². The van der Waals surface area contributed by atoms with E-state index in [1.807, 2.05) is 18.2 Å². The molecular formula is C14H13ClN4O. The Balaban J connectivity index is 2.20. The molecule has 2 heterocycles. The largest absolute Gasteiger partial charge is 0.323 e. The number of nitrogens with zero attached hydrogens (tertiary/aromatic N) is 2. The molecule has 6 heteroatoms. The third-order valence-electron chi connectivity index (χ3n) is 3.07. The van der Waals surface area contributed by atoms with Crippen LogP contribution in [0.5, 0.6) is 0 Å². The van der Waals surface area contributed by atoms with Gasteiger partial charge in [-0.05, 0) is 19.1 Å². The monoisotopic (exact) mass is 288 g/mol. The van der Waals surface area contributed by atoms with Crippen LogP contribution in [-0.4, -0.2) is 14.6 Å². The molecule has 2 aromatic heterocycles. The van der Waals surface area contributed by atoms with Crippen molar-refractivity contribution in [1.82, 2.24) is 14.6 Å². The lowest BCUT2D eigenvalue weighted by molar-refractivity contribution is 0.765. The molecule has 0 aliphatic carbocycles. The zero-order valence-electron chi connectivity index (χ0n) is 10.8. The minimum atomic E-state index is -0.280. The summed E-state index contributed by atoms with van der Waals surface area (Å²) in [5.41, 5.74) is 8.38. The molecule has 0 aliphatic heterocycles. The van der Waals surface area contributed by atoms with E-state index in [1.165, 1.54) is 10.6 Å². The average molecular weight is 289 g/mol. The number of hydrogen-bond acceptors (Lipinski definition) is 3. The van der Waals surface area contributed by atoms with E-state index in [1.54, 1.807) is 19.1 Å². The number of fused-ring (bicyclic) bond motifs is 1. The van der Waals surface area contributed by atoms with Crippen molar-refractivity contribution in [1.29, 1.82) is 0 Å². The summed E-state index contributed by atoms with van der Waals surface area (Å²) in [5.74, 6) is 0. The van der Waals surface area contributed by atoms with Crippen LogP contribution in [0.4, 0.5) is 0 Å². The predicted molar refractivity (Wildman–Crippen MR) is 78.9 cm³/mol. The van der Waals surface area contributed by atoms with Gasteiger partial charge in [0.15, 0.2) is 5.65 Å². The zero-order valence-corrected chi connectivity index (χ0v) is 11.6. The number of nitrogens with two attached hydrogens (primary N) is 1. The van der Waals surface area contributed by atoms with Gasteiger partial charge in [-0.2, -0.15) is 0 Å². The normalized spacial score (nSPS) is 12.8. The molecule has 3 rings (SSSR count). The fourth-order valence-electron chi connectivity index (χ4n) is 2.05. The lowest BCUT2D eigenvalue weighted by Gasteiger charge is -2.03. The highest BCUT2D eigenvalue weighted by Gasteiger charge is 2.10. The highest BCUT2D eigenvalue weighted by molar-refractivity contribution is 6.30. The van der Waals surface area contributed by atoms with Gasteiger partial charge in [-0.25, -0.2) is 9.50 Å². The lowest BCUT2D eigenvalue weighted by atomic mass is 10.1. The zero-order chi connectivity index (χ0) is 14.3. The van der Waals surface area contributed by atoms with Gasteiger partial charge in [0.05, 0.1) is 11.4 Å². The molecule has 3 N–H and O–H groups in total. The minimum absolute atomic E-state index is 0.185. The van der Waals surface area contributed by atoms with Crippen molar-refractivity contribution in [3.63, 3.8) is 0 Å². The second-order valence-electron chi connectivity index (χ2n) is 4.68. The summed E-state index contributed by atoms with van der Waals surface area (Å²) in [6, 6.07) is 10.4. The molecular weight excluding hydrogens is 276 g/mol. The Morgan fingerprint density at radius 1 is 1.35 bits per heavy atom. The summed E-state index contributed by atoms with van der Waals surface area (Å²) in [6.45, 7) is 1.79. The summed E-state index contributed by atoms with van der Waals surface area (Å²) in [4.78, 5) is 16.4. The van der Waals surface area contributed by atoms with Gasteiger partial charge in [-0.1, -0.05) is 23.7 Å². The Morgan fingerprint density at radius 3 is 2.85 bits per heavy atom. The maximum absolute atomic E-state index is 12.0. The van der Waals surface area contributed by atoms with E-state index in [2.05, 4.69) is 10.1 Å². The molecule has 5 nitrogen and oxygen atoms in total. The summed E-state index contributed by atoms with van der Waals surface area (Å²) >= 11 is 5.98. The number of aromatic nitrogens is 3. The van der Waals surface area contributed by atoms with E-state index >= 15 is 0 Å². The van der Waals surface area contributed by atoms with E-state index in [0.717, 1.165) is 11.3 Å². The molecule has 0 spiro atoms. The van der Waals surface area contributed by atoms with Crippen LogP contribution in [0, 0.1) is 0 Å². The lowest BCUT2D eigenvalue weighted by Crippen LogP contribution is -2.18. The third kappa shape index (κ3) is 2.21. The number of hydrogen-bond donors (Lipinski definition) is 2. The molecule has 0 bridgehead atoms. The molecule has 20 heavy (non-hydrogen) atoms. The molecule has 3 aromatic rings. The molecule has 1 atom stereocenters. The van der Waals surface area contributed by atoms with E-state index in [4.69, 9.17) is 17.3 Å². The smallest absolute Gasteiger partial charge is 0.272 e. The summed E-state index contributed by atoms with van der Waals surface area (Å²) < 4.78 is 1.39. The maximum atomic E-state index is 12.0. The number of halogens is 1. The van der Waals surface area contributed by atoms with E-state index in [-0.39, 0.29) is 11.6 Å². The first kappa shape index (κ1) is 12.9. The van der Waals surface area contributed by atoms with Crippen LogP contribution >= 0.6 is 11.6 Å². The summed E-state index contributed by atoms with van der Waals surface area (Å²) in [6.07, 6.45) is 0. The van der Waals surface area contributed by atoms with Crippen LogP contribution in [-0.2, 0) is 0 Å².